The zero-order chi connectivity index (χ0) is 15.1. The highest BCUT2D eigenvalue weighted by molar-refractivity contribution is 9.10. The lowest BCUT2D eigenvalue weighted by Crippen LogP contribution is -2.20. The molecule has 1 aliphatic rings. The third-order valence-electron chi connectivity index (χ3n) is 3.82. The highest BCUT2D eigenvalue weighted by Gasteiger charge is 2.41. The predicted molar refractivity (Wildman–Crippen MR) is 81.3 cm³/mol. The Bertz CT molecular complexity index is 556. The van der Waals surface area contributed by atoms with Crippen LogP contribution in [0.1, 0.15) is 31.7 Å². The van der Waals surface area contributed by atoms with Crippen molar-refractivity contribution in [2.45, 2.75) is 26.2 Å². The molecule has 1 unspecified atom stereocenters. The summed E-state index contributed by atoms with van der Waals surface area (Å²) in [4.78, 5) is 0. The van der Waals surface area contributed by atoms with Crippen molar-refractivity contribution in [1.82, 2.24) is 5.12 Å². The molecule has 1 nitrogen and oxygen atoms in total. The molecule has 0 radical (unpaired) electrons. The summed E-state index contributed by atoms with van der Waals surface area (Å²) in [6, 6.07) is 4.81. The summed E-state index contributed by atoms with van der Waals surface area (Å²) in [5, 5.41) is 0.658. The number of benzene rings is 1. The van der Waals surface area contributed by atoms with E-state index in [4.69, 9.17) is 0 Å². The molecular weight excluding hydrogens is 324 g/mol. The lowest BCUT2D eigenvalue weighted by molar-refractivity contribution is 0.0764. The van der Waals surface area contributed by atoms with Crippen molar-refractivity contribution >= 4 is 15.9 Å². The molecule has 0 bridgehead atoms. The molecular formula is C16H18BrF2N. The van der Waals surface area contributed by atoms with Gasteiger partial charge in [-0.05, 0) is 35.8 Å². The van der Waals surface area contributed by atoms with Crippen LogP contribution in [0.15, 0.2) is 46.6 Å². The summed E-state index contributed by atoms with van der Waals surface area (Å²) in [5.74, 6) is -0.333. The highest BCUT2D eigenvalue weighted by atomic mass is 79.9. The summed E-state index contributed by atoms with van der Waals surface area (Å²) in [6.45, 7) is 7.80. The van der Waals surface area contributed by atoms with E-state index in [1.54, 1.807) is 6.08 Å². The molecule has 0 heterocycles. The van der Waals surface area contributed by atoms with Crippen LogP contribution >= 0.6 is 15.9 Å². The zero-order valence-electron chi connectivity index (χ0n) is 11.9. The Morgan fingerprint density at radius 1 is 1.40 bits per heavy atom. The van der Waals surface area contributed by atoms with Crippen LogP contribution in [0.4, 0.5) is 8.87 Å². The van der Waals surface area contributed by atoms with E-state index >= 15 is 0 Å². The largest absolute Gasteiger partial charge is 0.218 e. The van der Waals surface area contributed by atoms with Gasteiger partial charge in [-0.2, -0.15) is 0 Å². The lowest BCUT2D eigenvalue weighted by atomic mass is 9.85. The fourth-order valence-electron chi connectivity index (χ4n) is 3.18. The highest BCUT2D eigenvalue weighted by Crippen LogP contribution is 2.51. The van der Waals surface area contributed by atoms with Gasteiger partial charge in [0.05, 0.1) is 5.70 Å². The van der Waals surface area contributed by atoms with Crippen molar-refractivity contribution in [3.8, 4) is 0 Å². The Kier molecular flexibility index (Phi) is 4.05. The van der Waals surface area contributed by atoms with Crippen LogP contribution in [0.5, 0.6) is 0 Å². The molecule has 0 saturated carbocycles. The molecule has 20 heavy (non-hydrogen) atoms. The zero-order valence-corrected chi connectivity index (χ0v) is 13.5. The van der Waals surface area contributed by atoms with Gasteiger partial charge in [-0.1, -0.05) is 42.4 Å². The van der Waals surface area contributed by atoms with E-state index in [0.717, 1.165) is 17.6 Å². The standard InChI is InChI=1S/C16H18BrF2N/c1-5-13-14(9-16(2,3)15(13)20(4)19)10-6-11(17)8-12(18)7-10/h5-8,14H,1,9H2,2-4H3. The minimum Gasteiger partial charge on any atom is -0.218 e. The average molecular weight is 342 g/mol. The Hall–Kier alpha value is -1.16. The number of halogens is 3. The van der Waals surface area contributed by atoms with Crippen molar-refractivity contribution in [2.75, 3.05) is 7.05 Å². The van der Waals surface area contributed by atoms with Crippen LogP contribution < -0.4 is 0 Å². The molecule has 0 N–H and O–H groups in total. The van der Waals surface area contributed by atoms with E-state index in [2.05, 4.69) is 22.5 Å². The molecule has 1 aromatic rings. The lowest BCUT2D eigenvalue weighted by Gasteiger charge is -2.25. The Balaban J connectivity index is 2.56. The van der Waals surface area contributed by atoms with Gasteiger partial charge in [0.25, 0.3) is 0 Å². The minimum absolute atomic E-state index is 0.0392. The number of hydrogen-bond acceptors (Lipinski definition) is 1. The van der Waals surface area contributed by atoms with E-state index in [9.17, 15) is 8.87 Å². The normalized spacial score (nSPS) is 21.2. The summed E-state index contributed by atoms with van der Waals surface area (Å²) >= 11 is 3.31. The molecule has 0 saturated heterocycles. The molecule has 0 spiro atoms. The molecule has 0 aromatic heterocycles. The first-order chi connectivity index (χ1) is 9.26. The molecule has 4 heteroatoms. The fourth-order valence-corrected chi connectivity index (χ4v) is 3.66. The van der Waals surface area contributed by atoms with Gasteiger partial charge < -0.3 is 0 Å². The quantitative estimate of drug-likeness (QED) is 0.669. The maximum absolute atomic E-state index is 13.8. The van der Waals surface area contributed by atoms with Crippen molar-refractivity contribution < 1.29 is 8.87 Å². The maximum atomic E-state index is 13.8. The topological polar surface area (TPSA) is 3.24 Å². The van der Waals surface area contributed by atoms with Crippen LogP contribution in [-0.2, 0) is 0 Å². The van der Waals surface area contributed by atoms with E-state index < -0.39 is 0 Å². The van der Waals surface area contributed by atoms with Gasteiger partial charge in [-0.3, -0.25) is 0 Å². The number of nitrogens with zero attached hydrogens (tertiary/aromatic N) is 1. The van der Waals surface area contributed by atoms with Crippen molar-refractivity contribution in [2.24, 2.45) is 5.41 Å². The molecule has 108 valence electrons. The third-order valence-corrected chi connectivity index (χ3v) is 4.28. The van der Waals surface area contributed by atoms with Crippen LogP contribution in [0, 0.1) is 11.2 Å². The summed E-state index contributed by atoms with van der Waals surface area (Å²) in [5.41, 5.74) is 1.99. The van der Waals surface area contributed by atoms with Crippen LogP contribution in [0.3, 0.4) is 0 Å². The minimum atomic E-state index is -0.309. The summed E-state index contributed by atoms with van der Waals surface area (Å²) in [7, 11) is 1.39. The van der Waals surface area contributed by atoms with Gasteiger partial charge in [-0.25, -0.2) is 9.51 Å². The predicted octanol–water partition coefficient (Wildman–Crippen LogP) is 5.36. The Labute approximate surface area is 127 Å². The first-order valence-corrected chi connectivity index (χ1v) is 7.28. The van der Waals surface area contributed by atoms with Gasteiger partial charge in [0, 0.05) is 22.9 Å². The van der Waals surface area contributed by atoms with Crippen molar-refractivity contribution in [3.05, 3.63) is 58.0 Å². The van der Waals surface area contributed by atoms with Crippen molar-refractivity contribution in [3.63, 3.8) is 0 Å². The first-order valence-electron chi connectivity index (χ1n) is 6.49. The Morgan fingerprint density at radius 3 is 2.55 bits per heavy atom. The van der Waals surface area contributed by atoms with Crippen molar-refractivity contribution in [1.29, 1.82) is 0 Å². The number of hydrogen-bond donors (Lipinski definition) is 0. The molecule has 0 amide bonds. The monoisotopic (exact) mass is 341 g/mol. The smallest absolute Gasteiger partial charge is 0.124 e. The van der Waals surface area contributed by atoms with Crippen LogP contribution in [0.25, 0.3) is 0 Å². The molecule has 1 aromatic carbocycles. The number of allylic oxidation sites excluding steroid dienone is 3. The van der Waals surface area contributed by atoms with Gasteiger partial charge >= 0.3 is 0 Å². The SMILES string of the molecule is C=CC1=C(N(C)F)C(C)(C)CC1c1cc(F)cc(Br)c1. The molecule has 0 fully saturated rings. The average Bonchev–Trinajstić information content (AvgIpc) is 2.58. The van der Waals surface area contributed by atoms with E-state index in [-0.39, 0.29) is 17.2 Å². The van der Waals surface area contributed by atoms with Gasteiger partial charge in [0.2, 0.25) is 0 Å². The second-order valence-corrected chi connectivity index (χ2v) is 6.74. The van der Waals surface area contributed by atoms with E-state index in [1.165, 1.54) is 19.2 Å². The van der Waals surface area contributed by atoms with Gasteiger partial charge in [-0.15, -0.1) is 4.48 Å². The summed E-state index contributed by atoms with van der Waals surface area (Å²) in [6.07, 6.45) is 2.41. The van der Waals surface area contributed by atoms with Crippen LogP contribution in [0.2, 0.25) is 0 Å². The van der Waals surface area contributed by atoms with Gasteiger partial charge in [0.1, 0.15) is 5.82 Å². The second-order valence-electron chi connectivity index (χ2n) is 5.83. The molecule has 1 atom stereocenters. The molecule has 1 aliphatic carbocycles. The second kappa shape index (κ2) is 5.32. The third kappa shape index (κ3) is 2.66. The first kappa shape index (κ1) is 15.2. The number of rotatable bonds is 3. The van der Waals surface area contributed by atoms with E-state index in [0.29, 0.717) is 15.3 Å². The van der Waals surface area contributed by atoms with Crippen LogP contribution in [-0.4, -0.2) is 12.2 Å². The fraction of sp³-hybridized carbons (Fsp3) is 0.375. The molecule has 0 aliphatic heterocycles. The van der Waals surface area contributed by atoms with E-state index in [1.807, 2.05) is 19.9 Å². The molecule has 2 rings (SSSR count). The Morgan fingerprint density at radius 2 is 2.05 bits per heavy atom. The summed E-state index contributed by atoms with van der Waals surface area (Å²) < 4.78 is 28.1. The van der Waals surface area contributed by atoms with Gasteiger partial charge in [0.15, 0.2) is 0 Å². The maximum Gasteiger partial charge on any atom is 0.124 e.